The van der Waals surface area contributed by atoms with Crippen LogP contribution in [-0.2, 0) is 16.6 Å². The molecule has 1 heterocycles. The first-order valence-corrected chi connectivity index (χ1v) is 11.7. The number of nitrogens with two attached hydrogens (primary N) is 1. The highest BCUT2D eigenvalue weighted by atomic mass is 32.2. The van der Waals surface area contributed by atoms with Crippen molar-refractivity contribution in [2.45, 2.75) is 43.0 Å². The van der Waals surface area contributed by atoms with Crippen LogP contribution in [-0.4, -0.2) is 30.0 Å². The Morgan fingerprint density at radius 3 is 2.52 bits per heavy atom. The van der Waals surface area contributed by atoms with Gasteiger partial charge in [-0.3, -0.25) is 9.48 Å². The molecule has 33 heavy (non-hydrogen) atoms. The van der Waals surface area contributed by atoms with Gasteiger partial charge in [0, 0.05) is 30.5 Å². The fraction of sp³-hybridized carbons (Fsp3) is 0.333. The Labute approximate surface area is 186 Å². The zero-order valence-corrected chi connectivity index (χ0v) is 18.0. The van der Waals surface area contributed by atoms with Crippen molar-refractivity contribution >= 4 is 32.5 Å². The molecule has 1 saturated carbocycles. The lowest BCUT2D eigenvalue weighted by molar-refractivity contribution is -0.0476. The molecule has 12 heteroatoms. The molecule has 3 N–H and O–H groups in total. The van der Waals surface area contributed by atoms with Crippen LogP contribution in [0.2, 0.25) is 0 Å². The van der Waals surface area contributed by atoms with Gasteiger partial charge in [-0.05, 0) is 43.0 Å². The van der Waals surface area contributed by atoms with Gasteiger partial charge in [0.2, 0.25) is 15.9 Å². The lowest BCUT2D eigenvalue weighted by Gasteiger charge is -2.28. The summed E-state index contributed by atoms with van der Waals surface area (Å²) in [5.74, 6) is -5.40. The van der Waals surface area contributed by atoms with Gasteiger partial charge in [-0.2, -0.15) is 5.10 Å². The van der Waals surface area contributed by atoms with Gasteiger partial charge in [0.15, 0.2) is 5.82 Å². The second-order valence-electron chi connectivity index (χ2n) is 8.11. The predicted octanol–water partition coefficient (Wildman–Crippen LogP) is 4.04. The van der Waals surface area contributed by atoms with Gasteiger partial charge in [0.1, 0.15) is 21.9 Å². The third-order valence-electron chi connectivity index (χ3n) is 5.70. The molecule has 0 radical (unpaired) electrons. The Morgan fingerprint density at radius 1 is 1.15 bits per heavy atom. The molecule has 0 saturated heterocycles. The second-order valence-corrected chi connectivity index (χ2v) is 9.64. The predicted molar refractivity (Wildman–Crippen MR) is 112 cm³/mol. The van der Waals surface area contributed by atoms with Gasteiger partial charge < -0.3 is 5.32 Å². The van der Waals surface area contributed by atoms with E-state index in [0.717, 1.165) is 18.2 Å². The van der Waals surface area contributed by atoms with E-state index >= 15 is 0 Å². The first-order valence-electron chi connectivity index (χ1n) is 10.1. The standard InChI is InChI=1S/C21H20F4N4O3S/c22-15-5-4-13(10-17(15)33(26,31)32)27-20(30)19-14-2-1-3-16(23)18(14)28-29(19)11-12-6-8-21(24,25)9-7-12/h1-5,10,12H,6-9,11H2,(H,27,30)(H2,26,31,32). The topological polar surface area (TPSA) is 107 Å². The van der Waals surface area contributed by atoms with E-state index < -0.39 is 38.4 Å². The fourth-order valence-corrected chi connectivity index (χ4v) is 4.64. The summed E-state index contributed by atoms with van der Waals surface area (Å²) in [6.45, 7) is 0.124. The molecule has 0 atom stereocenters. The molecular formula is C21H20F4N4O3S. The number of alkyl halides is 2. The number of nitrogens with one attached hydrogen (secondary N) is 1. The first kappa shape index (κ1) is 23.2. The van der Waals surface area contributed by atoms with E-state index in [4.69, 9.17) is 5.14 Å². The van der Waals surface area contributed by atoms with E-state index in [-0.39, 0.29) is 60.4 Å². The van der Waals surface area contributed by atoms with Crippen LogP contribution in [0.3, 0.4) is 0 Å². The molecule has 0 spiro atoms. The molecule has 1 aliphatic carbocycles. The highest BCUT2D eigenvalue weighted by Crippen LogP contribution is 2.37. The zero-order chi connectivity index (χ0) is 24.0. The van der Waals surface area contributed by atoms with Gasteiger partial charge in [-0.1, -0.05) is 12.1 Å². The number of carbonyl (C=O) groups excluding carboxylic acids is 1. The van der Waals surface area contributed by atoms with Crippen molar-refractivity contribution in [3.8, 4) is 0 Å². The van der Waals surface area contributed by atoms with Crippen molar-refractivity contribution in [3.05, 3.63) is 53.7 Å². The van der Waals surface area contributed by atoms with E-state index in [0.29, 0.717) is 0 Å². The number of fused-ring (bicyclic) bond motifs is 1. The number of amides is 1. The van der Waals surface area contributed by atoms with Crippen LogP contribution in [0, 0.1) is 17.6 Å². The molecule has 7 nitrogen and oxygen atoms in total. The SMILES string of the molecule is NS(=O)(=O)c1cc(NC(=O)c2c3cccc(F)c3nn2CC2CCC(F)(F)CC2)ccc1F. The fourth-order valence-electron chi connectivity index (χ4n) is 4.01. The number of primary sulfonamides is 1. The molecule has 2 aromatic carbocycles. The van der Waals surface area contributed by atoms with Crippen LogP contribution in [0.15, 0.2) is 41.3 Å². The number of carbonyl (C=O) groups is 1. The molecule has 3 aromatic rings. The summed E-state index contributed by atoms with van der Waals surface area (Å²) >= 11 is 0. The molecule has 176 valence electrons. The average Bonchev–Trinajstić information content (AvgIpc) is 3.09. The maximum Gasteiger partial charge on any atom is 0.274 e. The molecule has 1 aliphatic rings. The van der Waals surface area contributed by atoms with E-state index in [1.807, 2.05) is 0 Å². The monoisotopic (exact) mass is 484 g/mol. The zero-order valence-electron chi connectivity index (χ0n) is 17.2. The summed E-state index contributed by atoms with van der Waals surface area (Å²) in [7, 11) is -4.38. The van der Waals surface area contributed by atoms with Gasteiger partial charge in [0.25, 0.3) is 5.91 Å². The lowest BCUT2D eigenvalue weighted by Crippen LogP contribution is -2.28. The molecule has 0 unspecified atom stereocenters. The van der Waals surface area contributed by atoms with Crippen LogP contribution < -0.4 is 10.5 Å². The molecule has 0 aliphatic heterocycles. The number of benzene rings is 2. The highest BCUT2D eigenvalue weighted by Gasteiger charge is 2.35. The van der Waals surface area contributed by atoms with Crippen molar-refractivity contribution in [1.29, 1.82) is 0 Å². The Balaban J connectivity index is 1.68. The molecule has 0 bridgehead atoms. The molecule has 4 rings (SSSR count). The first-order chi connectivity index (χ1) is 15.4. The summed E-state index contributed by atoms with van der Waals surface area (Å²) in [6.07, 6.45) is -0.106. The minimum atomic E-state index is -4.38. The molecule has 1 fully saturated rings. The summed E-state index contributed by atoms with van der Waals surface area (Å²) < 4.78 is 79.6. The van der Waals surface area contributed by atoms with Crippen LogP contribution >= 0.6 is 0 Å². The second kappa shape index (κ2) is 8.41. The maximum absolute atomic E-state index is 14.3. The van der Waals surface area contributed by atoms with Crippen molar-refractivity contribution in [3.63, 3.8) is 0 Å². The molecular weight excluding hydrogens is 464 g/mol. The third kappa shape index (κ3) is 4.86. The van der Waals surface area contributed by atoms with Gasteiger partial charge in [0.05, 0.1) is 0 Å². The van der Waals surface area contributed by atoms with Crippen LogP contribution in [0.25, 0.3) is 10.9 Å². The number of hydrogen-bond donors (Lipinski definition) is 2. The van der Waals surface area contributed by atoms with Crippen molar-refractivity contribution in [2.75, 3.05) is 5.32 Å². The summed E-state index contributed by atoms with van der Waals surface area (Å²) in [6, 6.07) is 6.93. The maximum atomic E-state index is 14.3. The Kier molecular flexibility index (Phi) is 5.91. The highest BCUT2D eigenvalue weighted by molar-refractivity contribution is 7.89. The number of hydrogen-bond acceptors (Lipinski definition) is 4. The quantitative estimate of drug-likeness (QED) is 0.533. The van der Waals surface area contributed by atoms with Gasteiger partial charge in [-0.15, -0.1) is 0 Å². The smallest absolute Gasteiger partial charge is 0.274 e. The minimum Gasteiger partial charge on any atom is -0.321 e. The van der Waals surface area contributed by atoms with E-state index in [1.54, 1.807) is 0 Å². The largest absolute Gasteiger partial charge is 0.321 e. The third-order valence-corrected chi connectivity index (χ3v) is 6.63. The van der Waals surface area contributed by atoms with Gasteiger partial charge >= 0.3 is 0 Å². The van der Waals surface area contributed by atoms with E-state index in [9.17, 15) is 30.8 Å². The van der Waals surface area contributed by atoms with Crippen LogP contribution in [0.1, 0.15) is 36.2 Å². The lowest BCUT2D eigenvalue weighted by atomic mass is 9.87. The summed E-state index contributed by atoms with van der Waals surface area (Å²) in [4.78, 5) is 12.3. The normalized spacial score (nSPS) is 16.8. The number of aromatic nitrogens is 2. The van der Waals surface area contributed by atoms with E-state index in [1.165, 1.54) is 22.9 Å². The molecule has 1 amide bonds. The Hall–Kier alpha value is -2.99. The Bertz CT molecular complexity index is 1330. The van der Waals surface area contributed by atoms with Gasteiger partial charge in [-0.25, -0.2) is 31.1 Å². The van der Waals surface area contributed by atoms with Crippen molar-refractivity contribution in [1.82, 2.24) is 9.78 Å². The van der Waals surface area contributed by atoms with Crippen molar-refractivity contribution < 1.29 is 30.8 Å². The number of nitrogens with zero attached hydrogens (tertiary/aromatic N) is 2. The number of anilines is 1. The summed E-state index contributed by atoms with van der Waals surface area (Å²) in [5, 5.41) is 11.8. The molecule has 1 aromatic heterocycles. The number of sulfonamides is 1. The number of halogens is 4. The number of rotatable bonds is 5. The average molecular weight is 484 g/mol. The van der Waals surface area contributed by atoms with Crippen LogP contribution in [0.4, 0.5) is 23.2 Å². The van der Waals surface area contributed by atoms with Crippen LogP contribution in [0.5, 0.6) is 0 Å². The Morgan fingerprint density at radius 2 is 1.85 bits per heavy atom. The van der Waals surface area contributed by atoms with E-state index in [2.05, 4.69) is 10.4 Å². The summed E-state index contributed by atoms with van der Waals surface area (Å²) in [5.41, 5.74) is -0.142. The minimum absolute atomic E-state index is 0.0247. The van der Waals surface area contributed by atoms with Crippen molar-refractivity contribution in [2.24, 2.45) is 11.1 Å².